The normalized spacial score (nSPS) is 11.6. The number of fused-ring (bicyclic) bond motifs is 2. The summed E-state index contributed by atoms with van der Waals surface area (Å²) in [6, 6.07) is 12.6. The third-order valence-corrected chi connectivity index (χ3v) is 6.63. The van der Waals surface area contributed by atoms with Crippen molar-refractivity contribution in [2.24, 2.45) is 0 Å². The van der Waals surface area contributed by atoms with Crippen molar-refractivity contribution in [2.45, 2.75) is 0 Å². The maximum absolute atomic E-state index is 14.6. The fraction of sp³-hybridized carbons (Fsp3) is 0.207. The van der Waals surface area contributed by atoms with Gasteiger partial charge in [-0.3, -0.25) is 15.1 Å². The zero-order valence-corrected chi connectivity index (χ0v) is 22.7. The lowest BCUT2D eigenvalue weighted by molar-refractivity contribution is 0.425. The van der Waals surface area contributed by atoms with Crippen LogP contribution >= 0.6 is 0 Å². The van der Waals surface area contributed by atoms with Crippen LogP contribution in [0.5, 0.6) is 0 Å². The Bertz CT molecular complexity index is 1820. The summed E-state index contributed by atoms with van der Waals surface area (Å²) in [5, 5.41) is 10.9. The summed E-state index contributed by atoms with van der Waals surface area (Å²) >= 11 is 0. The Morgan fingerprint density at radius 1 is 0.875 bits per heavy atom. The minimum Gasteiger partial charge on any atom is -0.384 e. The number of hydrogen-bond acceptors (Lipinski definition) is 8. The number of nitrogens with one attached hydrogen (secondary N) is 3. The Morgan fingerprint density at radius 3 is 2.55 bits per heavy atom. The molecule has 202 valence electrons. The van der Waals surface area contributed by atoms with Gasteiger partial charge in [0.1, 0.15) is 16.9 Å². The van der Waals surface area contributed by atoms with E-state index in [-0.39, 0.29) is 5.82 Å². The molecule has 0 aliphatic heterocycles. The summed E-state index contributed by atoms with van der Waals surface area (Å²) in [7, 11) is 7.94. The summed E-state index contributed by atoms with van der Waals surface area (Å²) in [4.78, 5) is 26.1. The maximum Gasteiger partial charge on any atom is 0.161 e. The van der Waals surface area contributed by atoms with E-state index in [1.165, 1.54) is 12.1 Å². The standard InChI is InChI=1S/C29H29FN10/c1-39(2)10-9-32-20-12-17(11-19(30)14-20)25-26-23(7-8-33-25)35-29(36-26)28-27-24(37-38-28)6-5-22(34-27)18-13-21(40(3)4)16-31-15-18/h5-8,11-16,32H,9-10H2,1-4H3,(H,35,36)(H,37,38). The first-order chi connectivity index (χ1) is 19.4. The van der Waals surface area contributed by atoms with Gasteiger partial charge in [0.15, 0.2) is 11.5 Å². The molecule has 5 heterocycles. The number of hydrogen-bond donors (Lipinski definition) is 3. The highest BCUT2D eigenvalue weighted by atomic mass is 19.1. The zero-order valence-electron chi connectivity index (χ0n) is 22.7. The van der Waals surface area contributed by atoms with Crippen LogP contribution in [0.15, 0.2) is 61.1 Å². The molecule has 40 heavy (non-hydrogen) atoms. The summed E-state index contributed by atoms with van der Waals surface area (Å²) in [5.74, 6) is 0.198. The minimum atomic E-state index is -0.345. The van der Waals surface area contributed by atoms with E-state index in [0.717, 1.165) is 34.5 Å². The molecule has 6 rings (SSSR count). The van der Waals surface area contributed by atoms with E-state index in [1.807, 2.05) is 69.6 Å². The van der Waals surface area contributed by atoms with Crippen LogP contribution in [0.3, 0.4) is 0 Å². The van der Waals surface area contributed by atoms with Crippen molar-refractivity contribution in [3.05, 3.63) is 66.9 Å². The fourth-order valence-electron chi connectivity index (χ4n) is 4.55. The molecule has 10 nitrogen and oxygen atoms in total. The predicted octanol–water partition coefficient (Wildman–Crippen LogP) is 4.80. The molecular formula is C29H29FN10. The van der Waals surface area contributed by atoms with Gasteiger partial charge in [-0.2, -0.15) is 5.10 Å². The first-order valence-corrected chi connectivity index (χ1v) is 12.9. The van der Waals surface area contributed by atoms with E-state index >= 15 is 0 Å². The van der Waals surface area contributed by atoms with Crippen LogP contribution in [0.4, 0.5) is 15.8 Å². The fourth-order valence-corrected chi connectivity index (χ4v) is 4.55. The molecule has 0 amide bonds. The van der Waals surface area contributed by atoms with Gasteiger partial charge in [-0.25, -0.2) is 14.4 Å². The first kappa shape index (κ1) is 25.4. The van der Waals surface area contributed by atoms with E-state index in [0.29, 0.717) is 46.0 Å². The van der Waals surface area contributed by atoms with Crippen molar-refractivity contribution in [1.29, 1.82) is 0 Å². The van der Waals surface area contributed by atoms with E-state index in [2.05, 4.69) is 35.4 Å². The molecule has 0 aliphatic rings. The minimum absolute atomic E-state index is 0.345. The number of rotatable bonds is 8. The second kappa shape index (κ2) is 10.3. The summed E-state index contributed by atoms with van der Waals surface area (Å²) in [5.41, 5.74) is 8.00. The van der Waals surface area contributed by atoms with Crippen molar-refractivity contribution in [2.75, 3.05) is 51.5 Å². The van der Waals surface area contributed by atoms with Gasteiger partial charge in [0.2, 0.25) is 0 Å². The van der Waals surface area contributed by atoms with Gasteiger partial charge in [0, 0.05) is 56.4 Å². The molecule has 6 aromatic rings. The Morgan fingerprint density at radius 2 is 1.73 bits per heavy atom. The Kier molecular flexibility index (Phi) is 6.56. The number of pyridine rings is 3. The van der Waals surface area contributed by atoms with Gasteiger partial charge in [0.25, 0.3) is 0 Å². The lowest BCUT2D eigenvalue weighted by atomic mass is 10.1. The summed E-state index contributed by atoms with van der Waals surface area (Å²) < 4.78 is 14.6. The predicted molar refractivity (Wildman–Crippen MR) is 157 cm³/mol. The Labute approximate surface area is 230 Å². The van der Waals surface area contributed by atoms with Crippen molar-refractivity contribution in [3.8, 4) is 34.0 Å². The second-order valence-electron chi connectivity index (χ2n) is 10.1. The third kappa shape index (κ3) is 4.94. The molecule has 0 spiro atoms. The third-order valence-electron chi connectivity index (χ3n) is 6.63. The van der Waals surface area contributed by atoms with Crippen LogP contribution in [-0.2, 0) is 0 Å². The lowest BCUT2D eigenvalue weighted by Gasteiger charge is -2.12. The number of H-pyrrole nitrogens is 2. The van der Waals surface area contributed by atoms with Gasteiger partial charge in [0.05, 0.1) is 34.3 Å². The molecule has 0 unspecified atom stereocenters. The van der Waals surface area contributed by atoms with E-state index in [9.17, 15) is 4.39 Å². The molecule has 0 fully saturated rings. The quantitative estimate of drug-likeness (QED) is 0.254. The zero-order chi connectivity index (χ0) is 27.8. The molecular weight excluding hydrogens is 507 g/mol. The van der Waals surface area contributed by atoms with E-state index in [4.69, 9.17) is 9.97 Å². The smallest absolute Gasteiger partial charge is 0.161 e. The maximum atomic E-state index is 14.6. The van der Waals surface area contributed by atoms with Crippen molar-refractivity contribution in [3.63, 3.8) is 0 Å². The van der Waals surface area contributed by atoms with Gasteiger partial charge in [-0.05, 0) is 56.6 Å². The monoisotopic (exact) mass is 536 g/mol. The topological polar surface area (TPSA) is 115 Å². The van der Waals surface area contributed by atoms with Crippen molar-refractivity contribution in [1.82, 2.24) is 40.0 Å². The lowest BCUT2D eigenvalue weighted by Crippen LogP contribution is -2.20. The molecule has 0 bridgehead atoms. The molecule has 1 aromatic carbocycles. The molecule has 0 saturated heterocycles. The number of nitrogens with zero attached hydrogens (tertiary/aromatic N) is 7. The molecule has 11 heteroatoms. The van der Waals surface area contributed by atoms with Crippen LogP contribution in [0, 0.1) is 5.82 Å². The van der Waals surface area contributed by atoms with Crippen LogP contribution in [0.2, 0.25) is 0 Å². The highest BCUT2D eigenvalue weighted by Gasteiger charge is 2.18. The van der Waals surface area contributed by atoms with Crippen molar-refractivity contribution < 1.29 is 4.39 Å². The second-order valence-corrected chi connectivity index (χ2v) is 10.1. The number of aromatic amines is 2. The average molecular weight is 537 g/mol. The van der Waals surface area contributed by atoms with Crippen LogP contribution in [0.1, 0.15) is 0 Å². The number of imidazole rings is 1. The molecule has 5 aromatic heterocycles. The Hall–Kier alpha value is -4.90. The van der Waals surface area contributed by atoms with E-state index < -0.39 is 0 Å². The van der Waals surface area contributed by atoms with Gasteiger partial charge < -0.3 is 20.1 Å². The first-order valence-electron chi connectivity index (χ1n) is 12.9. The summed E-state index contributed by atoms with van der Waals surface area (Å²) in [6.45, 7) is 1.52. The number of aromatic nitrogens is 7. The molecule has 0 saturated carbocycles. The van der Waals surface area contributed by atoms with Gasteiger partial charge in [-0.15, -0.1) is 0 Å². The van der Waals surface area contributed by atoms with Gasteiger partial charge in [-0.1, -0.05) is 0 Å². The van der Waals surface area contributed by atoms with Gasteiger partial charge >= 0.3 is 0 Å². The number of anilines is 2. The molecule has 0 aliphatic carbocycles. The van der Waals surface area contributed by atoms with Crippen LogP contribution < -0.4 is 10.2 Å². The van der Waals surface area contributed by atoms with Crippen LogP contribution in [-0.4, -0.2) is 81.3 Å². The summed E-state index contributed by atoms with van der Waals surface area (Å²) in [6.07, 6.45) is 5.29. The van der Waals surface area contributed by atoms with Crippen LogP contribution in [0.25, 0.3) is 56.1 Å². The van der Waals surface area contributed by atoms with Crippen molar-refractivity contribution >= 4 is 33.4 Å². The average Bonchev–Trinajstić information content (AvgIpc) is 3.56. The highest BCUT2D eigenvalue weighted by molar-refractivity contribution is 5.95. The largest absolute Gasteiger partial charge is 0.384 e. The van der Waals surface area contributed by atoms with E-state index in [1.54, 1.807) is 12.4 Å². The number of benzene rings is 1. The molecule has 0 radical (unpaired) electrons. The SMILES string of the molecule is CN(C)CCNc1cc(F)cc(-c2nccc3[nH]c(-c4n[nH]c5ccc(-c6cncc(N(C)C)c6)nc45)nc23)c1. The molecule has 0 atom stereocenters. The number of likely N-dealkylation sites (N-methyl/N-ethyl adjacent to an activating group) is 1. The number of halogens is 1. The Balaban J connectivity index is 1.39. The highest BCUT2D eigenvalue weighted by Crippen LogP contribution is 2.32. The molecule has 3 N–H and O–H groups in total.